The predicted molar refractivity (Wildman–Crippen MR) is 237 cm³/mol. The van der Waals surface area contributed by atoms with Crippen molar-refractivity contribution >= 4 is 17.5 Å². The molecule has 2 unspecified atom stereocenters. The number of Topliss-reactive ketones (excluding diaryl/α,β-unsaturated/α-hetero) is 2. The van der Waals surface area contributed by atoms with Gasteiger partial charge in [-0.05, 0) is 58.9 Å². The molecule has 0 fully saturated rings. The van der Waals surface area contributed by atoms with E-state index in [9.17, 15) is 14.4 Å². The summed E-state index contributed by atoms with van der Waals surface area (Å²) in [5, 5.41) is 0. The summed E-state index contributed by atoms with van der Waals surface area (Å²) < 4.78 is 20.2. The van der Waals surface area contributed by atoms with E-state index in [4.69, 9.17) is 14.2 Å². The average molecular weight is 765 g/mol. The van der Waals surface area contributed by atoms with Crippen molar-refractivity contribution in [3.63, 3.8) is 0 Å². The second kappa shape index (κ2) is 61.9. The maximum Gasteiger partial charge on any atom is 0.302 e. The number of ether oxygens (including phenoxy) is 4. The molecule has 0 saturated carbocycles. The molecule has 0 N–H and O–H groups in total. The van der Waals surface area contributed by atoms with Crippen molar-refractivity contribution in [2.45, 2.75) is 156 Å². The van der Waals surface area contributed by atoms with Gasteiger partial charge in [0.2, 0.25) is 0 Å². The van der Waals surface area contributed by atoms with E-state index in [1.165, 1.54) is 25.3 Å². The number of carbonyl (C=O) groups excluding carboxylic acids is 3. The highest BCUT2D eigenvalue weighted by molar-refractivity contribution is 5.93. The topological polar surface area (TPSA) is 88.1 Å². The van der Waals surface area contributed by atoms with E-state index in [1.54, 1.807) is 26.8 Å². The minimum absolute atomic E-state index is 0.121. The van der Waals surface area contributed by atoms with Crippen LogP contribution in [0.2, 0.25) is 0 Å². The fourth-order valence-corrected chi connectivity index (χ4v) is 2.76. The van der Waals surface area contributed by atoms with Crippen LogP contribution in [0.1, 0.15) is 159 Å². The van der Waals surface area contributed by atoms with Gasteiger partial charge in [-0.15, -0.1) is 6.58 Å². The summed E-state index contributed by atoms with van der Waals surface area (Å²) in [5.74, 6) is 0.896. The molecule has 0 radical (unpaired) electrons. The largest absolute Gasteiger partial charge is 0.466 e. The third-order valence-corrected chi connectivity index (χ3v) is 5.99. The highest BCUT2D eigenvalue weighted by Crippen LogP contribution is 2.00. The van der Waals surface area contributed by atoms with E-state index in [0.717, 1.165) is 44.1 Å². The van der Waals surface area contributed by atoms with Gasteiger partial charge >= 0.3 is 5.97 Å². The maximum atomic E-state index is 10.6. The molecule has 318 valence electrons. The highest BCUT2D eigenvalue weighted by atomic mass is 16.5. The van der Waals surface area contributed by atoms with Crippen molar-refractivity contribution in [3.8, 4) is 0 Å². The number of carbonyl (C=O) groups is 3. The summed E-state index contributed by atoms with van der Waals surface area (Å²) in [6.07, 6.45) is 7.26. The molecular formula is C47H88O7. The summed E-state index contributed by atoms with van der Waals surface area (Å²) in [4.78, 5) is 30.3. The van der Waals surface area contributed by atoms with Gasteiger partial charge in [0.25, 0.3) is 0 Å². The number of esters is 1. The van der Waals surface area contributed by atoms with Gasteiger partial charge in [0.05, 0.1) is 25.9 Å². The molecule has 2 aromatic rings. The highest BCUT2D eigenvalue weighted by Gasteiger charge is 2.04. The van der Waals surface area contributed by atoms with Crippen molar-refractivity contribution in [2.24, 2.45) is 5.92 Å². The first-order chi connectivity index (χ1) is 25.8. The zero-order valence-electron chi connectivity index (χ0n) is 38.3. The minimum atomic E-state index is -0.211. The Kier molecular flexibility index (Phi) is 75.3. The summed E-state index contributed by atoms with van der Waals surface area (Å²) >= 11 is 0. The molecule has 0 aliphatic rings. The molecule has 2 rings (SSSR count). The van der Waals surface area contributed by atoms with Crippen LogP contribution in [0.25, 0.3) is 0 Å². The predicted octanol–water partition coefficient (Wildman–Crippen LogP) is 13.2. The van der Waals surface area contributed by atoms with Gasteiger partial charge in [0, 0.05) is 38.7 Å². The van der Waals surface area contributed by atoms with E-state index in [2.05, 4.69) is 77.1 Å². The molecule has 0 aliphatic heterocycles. The molecule has 0 saturated heterocycles. The number of rotatable bonds is 15. The summed E-state index contributed by atoms with van der Waals surface area (Å²) in [6.45, 7) is 41.0. The van der Waals surface area contributed by atoms with Crippen LogP contribution in [0.4, 0.5) is 0 Å². The van der Waals surface area contributed by atoms with Crippen molar-refractivity contribution < 1.29 is 33.3 Å². The van der Waals surface area contributed by atoms with Crippen molar-refractivity contribution in [3.05, 3.63) is 84.4 Å². The fraction of sp³-hybridized carbons (Fsp3) is 0.638. The van der Waals surface area contributed by atoms with Gasteiger partial charge in [-0.2, -0.15) is 0 Å². The van der Waals surface area contributed by atoms with E-state index in [1.807, 2.05) is 84.9 Å². The lowest BCUT2D eigenvalue weighted by Gasteiger charge is -2.13. The second-order valence-electron chi connectivity index (χ2n) is 10.9. The number of ketones is 2. The number of hydrogen-bond donors (Lipinski definition) is 0. The van der Waals surface area contributed by atoms with Crippen molar-refractivity contribution in [1.29, 1.82) is 0 Å². The zero-order chi connectivity index (χ0) is 43.4. The Morgan fingerprint density at radius 1 is 0.667 bits per heavy atom. The third kappa shape index (κ3) is 70.4. The van der Waals surface area contributed by atoms with Gasteiger partial charge in [-0.1, -0.05) is 156 Å². The molecule has 7 heteroatoms. The van der Waals surface area contributed by atoms with Crippen LogP contribution in [0.5, 0.6) is 0 Å². The van der Waals surface area contributed by atoms with Crippen molar-refractivity contribution in [2.75, 3.05) is 39.6 Å². The van der Waals surface area contributed by atoms with Crippen LogP contribution in [0.3, 0.4) is 0 Å². The zero-order valence-corrected chi connectivity index (χ0v) is 38.3. The number of aryl methyl sites for hydroxylation is 1. The SMILES string of the molecule is C=CCOC(CC)COCC.CC.CC.CC(=O)c1ccccc1.CCC.CCC(C)=O.CCOC(C)=O.CCOCC(C)CC.CCc1ccccc1. The molecule has 0 aromatic heterocycles. The molecule has 0 bridgehead atoms. The molecule has 0 heterocycles. The molecule has 54 heavy (non-hydrogen) atoms. The van der Waals surface area contributed by atoms with Crippen LogP contribution in [0.15, 0.2) is 73.3 Å². The summed E-state index contributed by atoms with van der Waals surface area (Å²) in [5.41, 5.74) is 2.19. The minimum Gasteiger partial charge on any atom is -0.466 e. The third-order valence-electron chi connectivity index (χ3n) is 5.99. The summed E-state index contributed by atoms with van der Waals surface area (Å²) in [6, 6.07) is 19.7. The van der Waals surface area contributed by atoms with E-state index >= 15 is 0 Å². The lowest BCUT2D eigenvalue weighted by Crippen LogP contribution is -2.18. The van der Waals surface area contributed by atoms with E-state index < -0.39 is 0 Å². The monoisotopic (exact) mass is 765 g/mol. The second-order valence-corrected chi connectivity index (χ2v) is 10.9. The molecule has 0 aliphatic carbocycles. The van der Waals surface area contributed by atoms with Crippen LogP contribution in [-0.4, -0.2) is 63.3 Å². The standard InChI is InChI=1S/C9H18O2.C8H8O.C8H10.C7H16O.C4H8O2.C4H8O.C3H8.2C2H6/c1-4-7-11-9(5-2)8-10-6-3;1-7(9)8-5-3-2-4-6-8;1-2-8-6-4-3-5-7-8;1-4-7(3)6-8-5-2;1-3-6-4(2)5;1-3-4(2)5;1-3-2;2*1-2/h4,9H,1,5-8H2,2-3H3;2-6H,1H3;3-7H,2H2,1H3;7H,4-6H2,1-3H3;3H2,1-2H3;3H2,1-2H3;3H2,1-2H3;2*1-2H3. The smallest absolute Gasteiger partial charge is 0.302 e. The lowest BCUT2D eigenvalue weighted by molar-refractivity contribution is -0.140. The van der Waals surface area contributed by atoms with Gasteiger partial charge in [-0.3, -0.25) is 9.59 Å². The molecule has 0 spiro atoms. The first-order valence-corrected chi connectivity index (χ1v) is 20.5. The Bertz CT molecular complexity index is 963. The normalized spacial score (nSPS) is 9.65. The van der Waals surface area contributed by atoms with E-state index in [0.29, 0.717) is 26.2 Å². The van der Waals surface area contributed by atoms with Gasteiger partial charge in [0.1, 0.15) is 5.78 Å². The van der Waals surface area contributed by atoms with Gasteiger partial charge < -0.3 is 23.7 Å². The number of benzene rings is 2. The molecule has 7 nitrogen and oxygen atoms in total. The molecule has 2 aromatic carbocycles. The molecule has 0 amide bonds. The fourth-order valence-electron chi connectivity index (χ4n) is 2.76. The lowest BCUT2D eigenvalue weighted by atomic mass is 10.1. The van der Waals surface area contributed by atoms with Crippen molar-refractivity contribution in [1.82, 2.24) is 0 Å². The Morgan fingerprint density at radius 2 is 1.09 bits per heavy atom. The quantitative estimate of drug-likeness (QED) is 0.101. The van der Waals surface area contributed by atoms with Gasteiger partial charge in [0.15, 0.2) is 5.78 Å². The Morgan fingerprint density at radius 3 is 1.33 bits per heavy atom. The first-order valence-electron chi connectivity index (χ1n) is 20.5. The van der Waals surface area contributed by atoms with Crippen LogP contribution in [0, 0.1) is 5.92 Å². The molecular weight excluding hydrogens is 677 g/mol. The van der Waals surface area contributed by atoms with Crippen LogP contribution >= 0.6 is 0 Å². The maximum absolute atomic E-state index is 10.6. The Labute approximate surface area is 336 Å². The van der Waals surface area contributed by atoms with Crippen LogP contribution in [-0.2, 0) is 35.0 Å². The number of hydrogen-bond acceptors (Lipinski definition) is 7. The average Bonchev–Trinajstić information content (AvgIpc) is 3.20. The molecule has 2 atom stereocenters. The Hall–Kier alpha value is -3.13. The Balaban J connectivity index is -0.0000000961. The first kappa shape index (κ1) is 65.7. The van der Waals surface area contributed by atoms with Crippen LogP contribution < -0.4 is 0 Å². The van der Waals surface area contributed by atoms with Gasteiger partial charge in [-0.25, -0.2) is 0 Å². The van der Waals surface area contributed by atoms with E-state index in [-0.39, 0.29) is 23.6 Å². The summed E-state index contributed by atoms with van der Waals surface area (Å²) in [7, 11) is 0.